The van der Waals surface area contributed by atoms with Crippen LogP contribution >= 0.6 is 0 Å². The molecule has 1 N–H and O–H groups in total. The molecule has 1 saturated heterocycles. The summed E-state index contributed by atoms with van der Waals surface area (Å²) in [5.41, 5.74) is 2.34. The Hall–Kier alpha value is -2.14. The highest BCUT2D eigenvalue weighted by Gasteiger charge is 2.17. The van der Waals surface area contributed by atoms with Crippen LogP contribution in [0.5, 0.6) is 0 Å². The van der Waals surface area contributed by atoms with Gasteiger partial charge in [0.1, 0.15) is 5.58 Å². The highest BCUT2D eigenvalue weighted by atomic mass is 16.4. The van der Waals surface area contributed by atoms with Crippen molar-refractivity contribution in [3.8, 4) is 0 Å². The second kappa shape index (κ2) is 5.69. The zero-order valence-corrected chi connectivity index (χ0v) is 12.0. The van der Waals surface area contributed by atoms with Crippen LogP contribution in [0.25, 0.3) is 11.0 Å². The van der Waals surface area contributed by atoms with Gasteiger partial charge >= 0.3 is 5.63 Å². The Bertz CT molecular complexity index is 736. The van der Waals surface area contributed by atoms with Gasteiger partial charge in [-0.1, -0.05) is 19.1 Å². The average molecular weight is 286 g/mol. The number of hydrogen-bond donors (Lipinski definition) is 1. The SMILES string of the molecule is CCc1ccc2c(CN3CCNC(=O)C3)cc(=O)oc2c1. The number of aryl methyl sites for hydroxylation is 1. The second-order valence-corrected chi connectivity index (χ2v) is 5.34. The molecular formula is C16H18N2O3. The highest BCUT2D eigenvalue weighted by Crippen LogP contribution is 2.20. The Morgan fingerprint density at radius 1 is 1.29 bits per heavy atom. The first kappa shape index (κ1) is 13.8. The standard InChI is InChI=1S/C16H18N2O3/c1-2-11-3-4-13-12(8-16(20)21-14(13)7-11)9-18-6-5-17-15(19)10-18/h3-4,7-8H,2,5-6,9-10H2,1H3,(H,17,19). The third-order valence-electron chi connectivity index (χ3n) is 3.81. The summed E-state index contributed by atoms with van der Waals surface area (Å²) in [5.74, 6) is 0.0294. The highest BCUT2D eigenvalue weighted by molar-refractivity contribution is 5.81. The average Bonchev–Trinajstić information content (AvgIpc) is 2.46. The number of carbonyl (C=O) groups excluding carboxylic acids is 1. The largest absolute Gasteiger partial charge is 0.423 e. The van der Waals surface area contributed by atoms with Gasteiger partial charge in [0.05, 0.1) is 6.54 Å². The van der Waals surface area contributed by atoms with Crippen molar-refractivity contribution in [1.82, 2.24) is 10.2 Å². The molecule has 1 aliphatic heterocycles. The number of amides is 1. The van der Waals surface area contributed by atoms with E-state index in [0.717, 1.165) is 29.5 Å². The molecule has 0 bridgehead atoms. The third kappa shape index (κ3) is 2.97. The summed E-state index contributed by atoms with van der Waals surface area (Å²) >= 11 is 0. The van der Waals surface area contributed by atoms with Gasteiger partial charge in [-0.2, -0.15) is 0 Å². The van der Waals surface area contributed by atoms with Gasteiger partial charge in [-0.25, -0.2) is 4.79 Å². The molecule has 0 saturated carbocycles. The Morgan fingerprint density at radius 2 is 2.14 bits per heavy atom. The molecular weight excluding hydrogens is 268 g/mol. The lowest BCUT2D eigenvalue weighted by Gasteiger charge is -2.26. The number of nitrogens with zero attached hydrogens (tertiary/aromatic N) is 1. The van der Waals surface area contributed by atoms with E-state index in [2.05, 4.69) is 18.3 Å². The molecule has 5 heteroatoms. The van der Waals surface area contributed by atoms with Crippen molar-refractivity contribution >= 4 is 16.9 Å². The lowest BCUT2D eigenvalue weighted by atomic mass is 10.1. The van der Waals surface area contributed by atoms with E-state index < -0.39 is 0 Å². The van der Waals surface area contributed by atoms with Crippen molar-refractivity contribution in [2.45, 2.75) is 19.9 Å². The van der Waals surface area contributed by atoms with E-state index in [1.54, 1.807) is 0 Å². The second-order valence-electron chi connectivity index (χ2n) is 5.34. The number of hydrogen-bond acceptors (Lipinski definition) is 4. The van der Waals surface area contributed by atoms with Crippen molar-refractivity contribution in [1.29, 1.82) is 0 Å². The van der Waals surface area contributed by atoms with Gasteiger partial charge in [0.15, 0.2) is 0 Å². The maximum atomic E-state index is 11.7. The predicted molar refractivity (Wildman–Crippen MR) is 80.1 cm³/mol. The maximum Gasteiger partial charge on any atom is 0.336 e. The van der Waals surface area contributed by atoms with Crippen LogP contribution in [0.4, 0.5) is 0 Å². The van der Waals surface area contributed by atoms with Gasteiger partial charge in [0, 0.05) is 31.1 Å². The molecule has 1 fully saturated rings. The molecule has 0 unspecified atom stereocenters. The molecule has 2 heterocycles. The number of fused-ring (bicyclic) bond motifs is 1. The van der Waals surface area contributed by atoms with E-state index in [-0.39, 0.29) is 11.5 Å². The fourth-order valence-corrected chi connectivity index (χ4v) is 2.69. The number of carbonyl (C=O) groups is 1. The molecule has 0 aliphatic carbocycles. The summed E-state index contributed by atoms with van der Waals surface area (Å²) < 4.78 is 5.30. The van der Waals surface area contributed by atoms with Gasteiger partial charge in [-0.15, -0.1) is 0 Å². The quantitative estimate of drug-likeness (QED) is 0.864. The molecule has 1 aromatic carbocycles. The van der Waals surface area contributed by atoms with Crippen LogP contribution in [0.15, 0.2) is 33.5 Å². The van der Waals surface area contributed by atoms with E-state index in [1.807, 2.05) is 17.0 Å². The molecule has 21 heavy (non-hydrogen) atoms. The molecule has 0 radical (unpaired) electrons. The van der Waals surface area contributed by atoms with Crippen molar-refractivity contribution < 1.29 is 9.21 Å². The molecule has 1 amide bonds. The number of piperazine rings is 1. The van der Waals surface area contributed by atoms with Crippen molar-refractivity contribution in [2.75, 3.05) is 19.6 Å². The summed E-state index contributed by atoms with van der Waals surface area (Å²) in [4.78, 5) is 25.2. The first-order chi connectivity index (χ1) is 10.2. The van der Waals surface area contributed by atoms with Crippen LogP contribution in [0, 0.1) is 0 Å². The fraction of sp³-hybridized carbons (Fsp3) is 0.375. The third-order valence-corrected chi connectivity index (χ3v) is 3.81. The zero-order chi connectivity index (χ0) is 14.8. The summed E-state index contributed by atoms with van der Waals surface area (Å²) in [6, 6.07) is 7.49. The Kier molecular flexibility index (Phi) is 3.75. The number of nitrogens with one attached hydrogen (secondary N) is 1. The molecule has 1 aliphatic rings. The molecule has 0 atom stereocenters. The Morgan fingerprint density at radius 3 is 2.90 bits per heavy atom. The molecule has 3 rings (SSSR count). The van der Waals surface area contributed by atoms with Crippen LogP contribution in [0.2, 0.25) is 0 Å². The molecule has 0 spiro atoms. The number of benzene rings is 1. The summed E-state index contributed by atoms with van der Waals surface area (Å²) in [6.07, 6.45) is 0.899. The minimum atomic E-state index is -0.341. The molecule has 1 aromatic heterocycles. The summed E-state index contributed by atoms with van der Waals surface area (Å²) in [5, 5.41) is 3.74. The summed E-state index contributed by atoms with van der Waals surface area (Å²) in [7, 11) is 0. The van der Waals surface area contributed by atoms with E-state index in [1.165, 1.54) is 6.07 Å². The van der Waals surface area contributed by atoms with Crippen molar-refractivity contribution in [2.24, 2.45) is 0 Å². The first-order valence-corrected chi connectivity index (χ1v) is 7.20. The van der Waals surface area contributed by atoms with Gasteiger partial charge < -0.3 is 9.73 Å². The molecule has 110 valence electrons. The van der Waals surface area contributed by atoms with Crippen LogP contribution in [-0.2, 0) is 17.8 Å². The predicted octanol–water partition coefficient (Wildman–Crippen LogP) is 1.29. The Labute approximate surface area is 122 Å². The Balaban J connectivity index is 1.97. The monoisotopic (exact) mass is 286 g/mol. The van der Waals surface area contributed by atoms with Crippen molar-refractivity contribution in [3.05, 3.63) is 45.8 Å². The van der Waals surface area contributed by atoms with E-state index in [9.17, 15) is 9.59 Å². The van der Waals surface area contributed by atoms with Crippen LogP contribution in [0.3, 0.4) is 0 Å². The topological polar surface area (TPSA) is 62.6 Å². The summed E-state index contributed by atoms with van der Waals surface area (Å²) in [6.45, 7) is 4.46. The fourth-order valence-electron chi connectivity index (χ4n) is 2.69. The van der Waals surface area contributed by atoms with Gasteiger partial charge in [-0.3, -0.25) is 9.69 Å². The van der Waals surface area contributed by atoms with Crippen molar-refractivity contribution in [3.63, 3.8) is 0 Å². The van der Waals surface area contributed by atoms with Gasteiger partial charge in [0.25, 0.3) is 0 Å². The maximum absolute atomic E-state index is 11.7. The molecule has 5 nitrogen and oxygen atoms in total. The first-order valence-electron chi connectivity index (χ1n) is 7.20. The van der Waals surface area contributed by atoms with Gasteiger partial charge in [0.2, 0.25) is 5.91 Å². The lowest BCUT2D eigenvalue weighted by molar-refractivity contribution is -0.124. The minimum Gasteiger partial charge on any atom is -0.423 e. The van der Waals surface area contributed by atoms with E-state index in [4.69, 9.17) is 4.42 Å². The minimum absolute atomic E-state index is 0.0294. The van der Waals surface area contributed by atoms with Gasteiger partial charge in [-0.05, 0) is 23.6 Å². The zero-order valence-electron chi connectivity index (χ0n) is 12.0. The lowest BCUT2D eigenvalue weighted by Crippen LogP contribution is -2.47. The van der Waals surface area contributed by atoms with Crippen LogP contribution in [0.1, 0.15) is 18.1 Å². The number of rotatable bonds is 3. The smallest absolute Gasteiger partial charge is 0.336 e. The van der Waals surface area contributed by atoms with Crippen LogP contribution in [-0.4, -0.2) is 30.4 Å². The normalized spacial score (nSPS) is 16.1. The molecule has 2 aromatic rings. The van der Waals surface area contributed by atoms with E-state index >= 15 is 0 Å². The van der Waals surface area contributed by atoms with E-state index in [0.29, 0.717) is 25.2 Å². The van der Waals surface area contributed by atoms with Crippen LogP contribution < -0.4 is 10.9 Å².